The van der Waals surface area contributed by atoms with Crippen molar-refractivity contribution >= 4 is 51.1 Å². The third-order valence-electron chi connectivity index (χ3n) is 3.48. The van der Waals surface area contributed by atoms with Crippen LogP contribution in [-0.2, 0) is 19.2 Å². The molecule has 2 aromatic rings. The summed E-state index contributed by atoms with van der Waals surface area (Å²) >= 11 is 3.06. The fourth-order valence-corrected chi connectivity index (χ4v) is 2.59. The highest BCUT2D eigenvalue weighted by Crippen LogP contribution is 2.31. The van der Waals surface area contributed by atoms with Crippen molar-refractivity contribution in [3.8, 4) is 0 Å². The number of rotatable bonds is 6. The van der Waals surface area contributed by atoms with Crippen LogP contribution in [0.5, 0.6) is 0 Å². The van der Waals surface area contributed by atoms with Crippen LogP contribution >= 0.6 is 15.9 Å². The highest BCUT2D eigenvalue weighted by atomic mass is 79.9. The van der Waals surface area contributed by atoms with E-state index in [4.69, 9.17) is 9.94 Å². The van der Waals surface area contributed by atoms with Crippen LogP contribution in [0.4, 0.5) is 15.9 Å². The third-order valence-corrected chi connectivity index (χ3v) is 4.09. The molecular formula is C15H10BrFN6O6. The van der Waals surface area contributed by atoms with Crippen molar-refractivity contribution in [2.45, 2.75) is 0 Å². The van der Waals surface area contributed by atoms with Crippen LogP contribution in [0.2, 0.25) is 0 Å². The number of carbonyl (C=O) groups excluding carboxylic acids is 2. The Morgan fingerprint density at radius 2 is 2.10 bits per heavy atom. The van der Waals surface area contributed by atoms with E-state index in [1.807, 2.05) is 0 Å². The first kappa shape index (κ1) is 20.0. The number of carboxylic acids is 1. The van der Waals surface area contributed by atoms with Gasteiger partial charge in [-0.05, 0) is 44.4 Å². The number of anilines is 2. The molecule has 1 amide bonds. The van der Waals surface area contributed by atoms with Crippen LogP contribution in [0, 0.1) is 5.82 Å². The van der Waals surface area contributed by atoms with E-state index in [0.717, 1.165) is 0 Å². The topological polar surface area (TPSA) is 159 Å². The van der Waals surface area contributed by atoms with E-state index in [1.165, 1.54) is 23.1 Å². The second-order valence-corrected chi connectivity index (χ2v) is 6.15. The third kappa shape index (κ3) is 4.23. The van der Waals surface area contributed by atoms with Gasteiger partial charge in [-0.1, -0.05) is 5.16 Å². The highest BCUT2D eigenvalue weighted by Gasteiger charge is 2.34. The van der Waals surface area contributed by atoms with E-state index in [0.29, 0.717) is 5.69 Å². The van der Waals surface area contributed by atoms with Gasteiger partial charge in [0.05, 0.1) is 10.2 Å². The summed E-state index contributed by atoms with van der Waals surface area (Å²) in [5.41, 5.74) is 0.357. The van der Waals surface area contributed by atoms with Crippen LogP contribution in [0.25, 0.3) is 0 Å². The van der Waals surface area contributed by atoms with Gasteiger partial charge in [-0.25, -0.2) is 23.5 Å². The highest BCUT2D eigenvalue weighted by molar-refractivity contribution is 9.10. The Bertz CT molecular complexity index is 1050. The number of aromatic nitrogens is 2. The maximum absolute atomic E-state index is 13.6. The zero-order chi connectivity index (χ0) is 21.0. The quantitative estimate of drug-likeness (QED) is 0.308. The Morgan fingerprint density at radius 3 is 2.79 bits per heavy atom. The van der Waals surface area contributed by atoms with E-state index in [1.54, 1.807) is 5.94 Å². The van der Waals surface area contributed by atoms with Crippen LogP contribution in [0.3, 0.4) is 0 Å². The number of carboxylic acid groups (broad SMARTS) is 1. The largest absolute Gasteiger partial charge is 0.474 e. The zero-order valence-electron chi connectivity index (χ0n) is 14.2. The van der Waals surface area contributed by atoms with Gasteiger partial charge in [-0.2, -0.15) is 0 Å². The number of hydrogen-bond donors (Lipinski definition) is 3. The molecule has 150 valence electrons. The average Bonchev–Trinajstić information content (AvgIpc) is 3.33. The molecule has 3 rings (SSSR count). The van der Waals surface area contributed by atoms with Crippen molar-refractivity contribution in [1.29, 1.82) is 0 Å². The molecule has 0 bridgehead atoms. The van der Waals surface area contributed by atoms with Crippen LogP contribution in [0.1, 0.15) is 5.69 Å². The molecule has 0 unspecified atom stereocenters. The standard InChI is InChI=1S/C15H10BrFN6O6/c16-8-5-7(1-2-9(8)17)23-10(6-24)28-22-13(23)11-12(21-29-20-11)18-3-4-19-14(25)15(26)27/h1-2,5H,3-4H2,(H,18,21)(H,19,25)(H,26,27). The summed E-state index contributed by atoms with van der Waals surface area (Å²) in [6.45, 7) is 0.0430. The molecule has 0 fully saturated rings. The minimum absolute atomic E-state index is 0.000166. The minimum Gasteiger partial charge on any atom is -0.474 e. The van der Waals surface area contributed by atoms with Crippen LogP contribution < -0.4 is 15.5 Å². The number of nitrogens with one attached hydrogen (secondary N) is 2. The number of halogens is 2. The monoisotopic (exact) mass is 468 g/mol. The summed E-state index contributed by atoms with van der Waals surface area (Å²) in [5.74, 6) is -1.95. The number of carbonyl (C=O) groups is 2. The first-order chi connectivity index (χ1) is 13.9. The molecule has 2 heterocycles. The number of amides is 1. The smallest absolute Gasteiger partial charge is 0.394 e. The summed E-state index contributed by atoms with van der Waals surface area (Å²) < 4.78 is 18.4. The lowest BCUT2D eigenvalue weighted by atomic mass is 10.2. The zero-order valence-corrected chi connectivity index (χ0v) is 15.8. The van der Waals surface area contributed by atoms with Crippen molar-refractivity contribution in [1.82, 2.24) is 15.6 Å². The first-order valence-corrected chi connectivity index (χ1v) is 8.55. The normalized spacial score (nSPS) is 12.8. The fourth-order valence-electron chi connectivity index (χ4n) is 2.23. The summed E-state index contributed by atoms with van der Waals surface area (Å²) in [4.78, 5) is 38.9. The lowest BCUT2D eigenvalue weighted by molar-refractivity contribution is -0.150. The summed E-state index contributed by atoms with van der Waals surface area (Å²) in [6, 6.07) is 3.94. The van der Waals surface area contributed by atoms with Gasteiger partial charge < -0.3 is 20.6 Å². The fraction of sp³-hybridized carbons (Fsp3) is 0.133. The van der Waals surface area contributed by atoms with Gasteiger partial charge in [-0.3, -0.25) is 4.79 Å². The molecule has 0 aliphatic carbocycles. The van der Waals surface area contributed by atoms with Crippen LogP contribution in [-0.4, -0.2) is 52.2 Å². The molecule has 14 heteroatoms. The number of nitrogens with zero attached hydrogens (tertiary/aromatic N) is 4. The molecule has 0 saturated heterocycles. The van der Waals surface area contributed by atoms with E-state index < -0.39 is 17.7 Å². The van der Waals surface area contributed by atoms with Gasteiger partial charge in [0.2, 0.25) is 11.7 Å². The number of hydrogen-bond acceptors (Lipinski definition) is 10. The maximum Gasteiger partial charge on any atom is 0.394 e. The molecule has 1 aliphatic rings. The minimum atomic E-state index is -1.61. The molecule has 12 nitrogen and oxygen atoms in total. The molecule has 3 N–H and O–H groups in total. The van der Waals surface area contributed by atoms with E-state index in [-0.39, 0.29) is 40.8 Å². The Morgan fingerprint density at radius 1 is 1.31 bits per heavy atom. The van der Waals surface area contributed by atoms with Gasteiger partial charge in [0.1, 0.15) is 5.82 Å². The van der Waals surface area contributed by atoms with E-state index in [9.17, 15) is 18.8 Å². The Labute approximate surface area is 169 Å². The molecule has 0 spiro atoms. The second-order valence-electron chi connectivity index (χ2n) is 5.30. The molecule has 29 heavy (non-hydrogen) atoms. The Kier molecular flexibility index (Phi) is 5.85. The van der Waals surface area contributed by atoms with Crippen molar-refractivity contribution in [3.05, 3.63) is 40.1 Å². The maximum atomic E-state index is 13.6. The molecular weight excluding hydrogens is 459 g/mol. The van der Waals surface area contributed by atoms with Crippen LogP contribution in [0.15, 0.2) is 38.3 Å². The van der Waals surface area contributed by atoms with Crippen molar-refractivity contribution in [2.24, 2.45) is 5.16 Å². The molecule has 0 saturated carbocycles. The van der Waals surface area contributed by atoms with Crippen molar-refractivity contribution < 1.29 is 33.3 Å². The molecule has 1 aliphatic heterocycles. The lowest BCUT2D eigenvalue weighted by Gasteiger charge is -2.16. The number of aliphatic carboxylic acids is 1. The van der Waals surface area contributed by atoms with Gasteiger partial charge in [0.15, 0.2) is 11.6 Å². The number of oxime groups is 1. The van der Waals surface area contributed by atoms with Gasteiger partial charge in [-0.15, -0.1) is 0 Å². The van der Waals surface area contributed by atoms with Crippen molar-refractivity contribution in [3.63, 3.8) is 0 Å². The summed E-state index contributed by atoms with van der Waals surface area (Å²) in [6.07, 6.45) is 0. The summed E-state index contributed by atoms with van der Waals surface area (Å²) in [7, 11) is 0. The molecule has 1 aromatic heterocycles. The molecule has 0 radical (unpaired) electrons. The molecule has 1 aromatic carbocycles. The number of amidine groups is 1. The lowest BCUT2D eigenvalue weighted by Crippen LogP contribution is -2.34. The summed E-state index contributed by atoms with van der Waals surface area (Å²) in [5, 5.41) is 24.6. The average molecular weight is 469 g/mol. The van der Waals surface area contributed by atoms with E-state index in [2.05, 4.69) is 46.7 Å². The van der Waals surface area contributed by atoms with Gasteiger partial charge >= 0.3 is 17.8 Å². The predicted octanol–water partition coefficient (Wildman–Crippen LogP) is 0.455. The van der Waals surface area contributed by atoms with Gasteiger partial charge in [0, 0.05) is 13.1 Å². The van der Waals surface area contributed by atoms with E-state index >= 15 is 0 Å². The second kappa shape index (κ2) is 8.50. The predicted molar refractivity (Wildman–Crippen MR) is 96.8 cm³/mol. The first-order valence-electron chi connectivity index (χ1n) is 7.75. The number of benzene rings is 1. The van der Waals surface area contributed by atoms with Crippen molar-refractivity contribution in [2.75, 3.05) is 23.3 Å². The Hall–Kier alpha value is -3.77. The molecule has 0 atom stereocenters. The Balaban J connectivity index is 1.80. The van der Waals surface area contributed by atoms with Gasteiger partial charge in [0.25, 0.3) is 0 Å². The SMILES string of the molecule is O=C=C1ON=C(c2nonc2NCCNC(=O)C(=O)O)N1c1ccc(F)c(Br)c1.